The van der Waals surface area contributed by atoms with Crippen LogP contribution in [0.15, 0.2) is 80.1 Å². The summed E-state index contributed by atoms with van der Waals surface area (Å²) in [4.78, 5) is 11.3. The molecule has 0 amide bonds. The molecule has 0 aromatic heterocycles. The SMILES string of the molecule is COc1cc(C(c2cccc(C)c2)c2cccc(Br)c2O)c(Oc2c(Br)cc(CC(=O)O)cc2Br)cc1C(C)C. The van der Waals surface area contributed by atoms with Crippen LogP contribution in [0.25, 0.3) is 0 Å². The highest BCUT2D eigenvalue weighted by atomic mass is 79.9. The highest BCUT2D eigenvalue weighted by Gasteiger charge is 2.28. The Morgan fingerprint density at radius 3 is 2.10 bits per heavy atom. The molecular formula is C32H29Br3O5. The molecule has 0 heterocycles. The number of phenolic OH excluding ortho intramolecular Hbond substituents is 1. The zero-order chi connectivity index (χ0) is 29.1. The van der Waals surface area contributed by atoms with E-state index in [1.807, 2.05) is 49.4 Å². The molecule has 0 aliphatic rings. The van der Waals surface area contributed by atoms with Crippen molar-refractivity contribution >= 4 is 53.8 Å². The second-order valence-electron chi connectivity index (χ2n) is 9.87. The summed E-state index contributed by atoms with van der Waals surface area (Å²) in [6, 6.07) is 21.3. The number of aliphatic carboxylic acids is 1. The molecule has 1 atom stereocenters. The first-order valence-corrected chi connectivity index (χ1v) is 15.0. The molecule has 0 fully saturated rings. The van der Waals surface area contributed by atoms with Crippen molar-refractivity contribution < 1.29 is 24.5 Å². The van der Waals surface area contributed by atoms with Crippen LogP contribution in [0, 0.1) is 6.92 Å². The molecule has 0 radical (unpaired) electrons. The Balaban J connectivity index is 2.00. The Hall–Kier alpha value is -2.81. The number of methoxy groups -OCH3 is 1. The van der Waals surface area contributed by atoms with Crippen molar-refractivity contribution in [2.45, 2.75) is 39.0 Å². The van der Waals surface area contributed by atoms with Gasteiger partial charge in [-0.1, -0.05) is 55.8 Å². The fourth-order valence-corrected chi connectivity index (χ4v) is 6.60. The number of para-hydroxylation sites is 1. The lowest BCUT2D eigenvalue weighted by Gasteiger charge is -2.26. The molecule has 2 N–H and O–H groups in total. The Labute approximate surface area is 259 Å². The van der Waals surface area contributed by atoms with Crippen molar-refractivity contribution in [3.05, 3.63) is 114 Å². The van der Waals surface area contributed by atoms with Crippen molar-refractivity contribution in [1.29, 1.82) is 0 Å². The van der Waals surface area contributed by atoms with Crippen LogP contribution >= 0.6 is 47.8 Å². The van der Waals surface area contributed by atoms with Crippen LogP contribution in [-0.4, -0.2) is 23.3 Å². The molecular weight excluding hydrogens is 704 g/mol. The quantitative estimate of drug-likeness (QED) is 0.168. The molecule has 4 aromatic rings. The van der Waals surface area contributed by atoms with E-state index in [-0.39, 0.29) is 18.1 Å². The first kappa shape index (κ1) is 30.2. The van der Waals surface area contributed by atoms with E-state index in [1.165, 1.54) is 0 Å². The zero-order valence-corrected chi connectivity index (χ0v) is 27.2. The van der Waals surface area contributed by atoms with Crippen molar-refractivity contribution in [3.8, 4) is 23.0 Å². The number of hydrogen-bond acceptors (Lipinski definition) is 4. The zero-order valence-electron chi connectivity index (χ0n) is 22.5. The fourth-order valence-electron chi connectivity index (χ4n) is 4.77. The topological polar surface area (TPSA) is 76.0 Å². The smallest absolute Gasteiger partial charge is 0.307 e. The van der Waals surface area contributed by atoms with Gasteiger partial charge >= 0.3 is 5.97 Å². The monoisotopic (exact) mass is 730 g/mol. The predicted molar refractivity (Wildman–Crippen MR) is 168 cm³/mol. The number of rotatable bonds is 9. The summed E-state index contributed by atoms with van der Waals surface area (Å²) in [6.45, 7) is 6.21. The number of halogens is 3. The lowest BCUT2D eigenvalue weighted by atomic mass is 9.82. The van der Waals surface area contributed by atoms with Crippen molar-refractivity contribution in [1.82, 2.24) is 0 Å². The van der Waals surface area contributed by atoms with Gasteiger partial charge in [0.2, 0.25) is 0 Å². The minimum absolute atomic E-state index is 0.111. The van der Waals surface area contributed by atoms with Gasteiger partial charge in [-0.2, -0.15) is 0 Å². The maximum Gasteiger partial charge on any atom is 0.307 e. The number of benzene rings is 4. The molecule has 4 aromatic carbocycles. The van der Waals surface area contributed by atoms with E-state index in [2.05, 4.69) is 67.7 Å². The Bertz CT molecular complexity index is 1540. The third-order valence-corrected chi connectivity index (χ3v) is 8.44. The largest absolute Gasteiger partial charge is 0.506 e. The molecule has 0 aliphatic heterocycles. The number of aromatic hydroxyl groups is 1. The lowest BCUT2D eigenvalue weighted by Crippen LogP contribution is -2.09. The van der Waals surface area contributed by atoms with Gasteiger partial charge in [0.1, 0.15) is 17.2 Å². The van der Waals surface area contributed by atoms with Gasteiger partial charge in [-0.25, -0.2) is 0 Å². The molecule has 1 unspecified atom stereocenters. The summed E-state index contributed by atoms with van der Waals surface area (Å²) in [5, 5.41) is 20.5. The number of phenols is 1. The molecule has 0 bridgehead atoms. The average molecular weight is 733 g/mol. The van der Waals surface area contributed by atoms with E-state index in [0.29, 0.717) is 36.0 Å². The van der Waals surface area contributed by atoms with Gasteiger partial charge in [0.05, 0.1) is 26.9 Å². The summed E-state index contributed by atoms with van der Waals surface area (Å²) in [5.74, 6) is 0.798. The minimum Gasteiger partial charge on any atom is -0.506 e. The maximum absolute atomic E-state index is 11.3. The average Bonchev–Trinajstić information content (AvgIpc) is 2.88. The summed E-state index contributed by atoms with van der Waals surface area (Å²) in [6.07, 6.45) is -0.111. The molecule has 0 spiro atoms. The van der Waals surface area contributed by atoms with E-state index in [9.17, 15) is 15.0 Å². The van der Waals surface area contributed by atoms with E-state index >= 15 is 0 Å². The second kappa shape index (κ2) is 12.8. The Morgan fingerprint density at radius 1 is 0.850 bits per heavy atom. The van der Waals surface area contributed by atoms with Crippen LogP contribution in [0.2, 0.25) is 0 Å². The number of ether oxygens (including phenoxy) is 2. The van der Waals surface area contributed by atoms with E-state index in [4.69, 9.17) is 9.47 Å². The van der Waals surface area contributed by atoms with Crippen LogP contribution in [0.1, 0.15) is 59.1 Å². The maximum atomic E-state index is 11.3. The number of carboxylic acid groups (broad SMARTS) is 1. The van der Waals surface area contributed by atoms with Gasteiger partial charge in [-0.05, 0) is 102 Å². The van der Waals surface area contributed by atoms with Gasteiger partial charge in [-0.3, -0.25) is 4.79 Å². The number of carboxylic acids is 1. The van der Waals surface area contributed by atoms with Crippen LogP contribution in [-0.2, 0) is 11.2 Å². The second-order valence-corrected chi connectivity index (χ2v) is 12.4. The van der Waals surface area contributed by atoms with Gasteiger partial charge in [-0.15, -0.1) is 0 Å². The highest BCUT2D eigenvalue weighted by Crippen LogP contribution is 2.48. The van der Waals surface area contributed by atoms with Crippen LogP contribution < -0.4 is 9.47 Å². The van der Waals surface area contributed by atoms with Gasteiger partial charge in [0.25, 0.3) is 0 Å². The first-order valence-electron chi connectivity index (χ1n) is 12.6. The van der Waals surface area contributed by atoms with Crippen LogP contribution in [0.4, 0.5) is 0 Å². The molecule has 208 valence electrons. The molecule has 0 saturated heterocycles. The molecule has 0 aliphatic carbocycles. The number of hydrogen-bond donors (Lipinski definition) is 2. The fraction of sp³-hybridized carbons (Fsp3) is 0.219. The minimum atomic E-state index is -0.915. The standard InChI is InChI=1S/C32H29Br3O5/c1-17(2)22-15-28(40-32-25(34)12-19(13-26(32)35)14-29(36)37)23(16-27(22)39-4)30(20-8-5-7-18(3)11-20)21-9-6-10-24(33)31(21)38/h5-13,15-17,30,38H,14H2,1-4H3,(H,36,37). The van der Waals surface area contributed by atoms with Crippen molar-refractivity contribution in [2.24, 2.45) is 0 Å². The van der Waals surface area contributed by atoms with Crippen molar-refractivity contribution in [2.75, 3.05) is 7.11 Å². The van der Waals surface area contributed by atoms with Crippen LogP contribution in [0.5, 0.6) is 23.0 Å². The van der Waals surface area contributed by atoms with Crippen molar-refractivity contribution in [3.63, 3.8) is 0 Å². The summed E-state index contributed by atoms with van der Waals surface area (Å²) >= 11 is 10.7. The summed E-state index contributed by atoms with van der Waals surface area (Å²) < 4.78 is 14.3. The third-order valence-electron chi connectivity index (χ3n) is 6.63. The summed E-state index contributed by atoms with van der Waals surface area (Å²) in [5.41, 5.74) is 5.18. The first-order chi connectivity index (χ1) is 19.0. The Morgan fingerprint density at radius 2 is 1.50 bits per heavy atom. The lowest BCUT2D eigenvalue weighted by molar-refractivity contribution is -0.136. The van der Waals surface area contributed by atoms with E-state index < -0.39 is 11.9 Å². The highest BCUT2D eigenvalue weighted by molar-refractivity contribution is 9.11. The molecule has 40 heavy (non-hydrogen) atoms. The van der Waals surface area contributed by atoms with Gasteiger partial charge in [0, 0.05) is 22.6 Å². The third kappa shape index (κ3) is 6.56. The van der Waals surface area contributed by atoms with Gasteiger partial charge < -0.3 is 19.7 Å². The molecule has 0 saturated carbocycles. The molecule has 5 nitrogen and oxygen atoms in total. The summed E-state index contributed by atoms with van der Waals surface area (Å²) in [7, 11) is 1.65. The predicted octanol–water partition coefficient (Wildman–Crippen LogP) is 9.72. The number of carbonyl (C=O) groups is 1. The van der Waals surface area contributed by atoms with Gasteiger partial charge in [0.15, 0.2) is 5.75 Å². The normalized spacial score (nSPS) is 11.9. The Kier molecular flexibility index (Phi) is 9.64. The molecule has 8 heteroatoms. The number of aryl methyl sites for hydroxylation is 1. The van der Waals surface area contributed by atoms with E-state index in [0.717, 1.165) is 28.0 Å². The van der Waals surface area contributed by atoms with Crippen LogP contribution in [0.3, 0.4) is 0 Å². The van der Waals surface area contributed by atoms with E-state index in [1.54, 1.807) is 25.3 Å². The molecule has 4 rings (SSSR count).